The Morgan fingerprint density at radius 3 is 2.38 bits per heavy atom. The summed E-state index contributed by atoms with van der Waals surface area (Å²) < 4.78 is 43.9. The Balaban J connectivity index is 2.24. The van der Waals surface area contributed by atoms with Gasteiger partial charge in [-0.3, -0.25) is 0 Å². The molecule has 1 aliphatic heterocycles. The van der Waals surface area contributed by atoms with Crippen LogP contribution in [0.4, 0.5) is 0 Å². The lowest BCUT2D eigenvalue weighted by Crippen LogP contribution is -2.39. The molecule has 8 heteroatoms. The molecule has 0 spiro atoms. The predicted molar refractivity (Wildman–Crippen MR) is 80.3 cm³/mol. The monoisotopic (exact) mass is 344 g/mol. The van der Waals surface area contributed by atoms with Crippen LogP contribution in [0, 0.1) is 5.41 Å². The van der Waals surface area contributed by atoms with E-state index >= 15 is 0 Å². The van der Waals surface area contributed by atoms with E-state index in [2.05, 4.69) is 0 Å². The van der Waals surface area contributed by atoms with Crippen molar-refractivity contribution >= 4 is 19.7 Å². The van der Waals surface area contributed by atoms with Crippen LogP contribution in [0.25, 0.3) is 0 Å². The zero-order valence-corrected chi connectivity index (χ0v) is 14.1. The van der Waals surface area contributed by atoms with E-state index in [1.165, 1.54) is 0 Å². The second-order valence-electron chi connectivity index (χ2n) is 5.31. The van der Waals surface area contributed by atoms with Crippen molar-refractivity contribution in [2.24, 2.45) is 5.41 Å². The van der Waals surface area contributed by atoms with Gasteiger partial charge in [0, 0.05) is 49.6 Å². The maximum Gasteiger partial charge on any atom is 0.233 e. The molecule has 0 radical (unpaired) electrons. The van der Waals surface area contributed by atoms with Crippen LogP contribution in [0.15, 0.2) is 0 Å². The van der Waals surface area contributed by atoms with Gasteiger partial charge in [-0.05, 0) is 19.3 Å². The van der Waals surface area contributed by atoms with Gasteiger partial charge in [0.1, 0.15) is 0 Å². The van der Waals surface area contributed by atoms with Crippen molar-refractivity contribution in [2.75, 3.05) is 59.1 Å². The Bertz CT molecular complexity index is 367. The van der Waals surface area contributed by atoms with Gasteiger partial charge in [-0.25, -0.2) is 8.42 Å². The number of rotatable bonds is 11. The molecule has 0 atom stereocenters. The summed E-state index contributed by atoms with van der Waals surface area (Å²) >= 11 is 0. The summed E-state index contributed by atoms with van der Waals surface area (Å²) in [6.07, 6.45) is 2.08. The first kappa shape index (κ1) is 19.1. The summed E-state index contributed by atoms with van der Waals surface area (Å²) in [5, 5.41) is 0. The highest BCUT2D eigenvalue weighted by molar-refractivity contribution is 8.13. The van der Waals surface area contributed by atoms with Crippen molar-refractivity contribution in [2.45, 2.75) is 19.3 Å². The summed E-state index contributed by atoms with van der Waals surface area (Å²) in [6, 6.07) is 0. The van der Waals surface area contributed by atoms with Gasteiger partial charge in [0.05, 0.1) is 25.6 Å². The van der Waals surface area contributed by atoms with E-state index in [1.807, 2.05) is 0 Å². The molecule has 1 heterocycles. The zero-order valence-electron chi connectivity index (χ0n) is 12.5. The Morgan fingerprint density at radius 1 is 1.10 bits per heavy atom. The summed E-state index contributed by atoms with van der Waals surface area (Å²) in [5.41, 5.74) is -0.421. The largest absolute Gasteiger partial charge is 0.382 e. The highest BCUT2D eigenvalue weighted by atomic mass is 35.7. The third-order valence-electron chi connectivity index (χ3n) is 3.45. The minimum absolute atomic E-state index is 0.0603. The van der Waals surface area contributed by atoms with Gasteiger partial charge < -0.3 is 18.9 Å². The molecule has 0 aromatic heterocycles. The molecule has 0 bridgehead atoms. The fraction of sp³-hybridized carbons (Fsp3) is 1.00. The van der Waals surface area contributed by atoms with Gasteiger partial charge >= 0.3 is 0 Å². The van der Waals surface area contributed by atoms with Crippen LogP contribution in [0.1, 0.15) is 19.3 Å². The molecule has 0 unspecified atom stereocenters. The van der Waals surface area contributed by atoms with Crippen molar-refractivity contribution in [3.8, 4) is 0 Å². The number of hydrogen-bond acceptors (Lipinski definition) is 6. The highest BCUT2D eigenvalue weighted by Gasteiger charge is 2.37. The molecule has 6 nitrogen and oxygen atoms in total. The quantitative estimate of drug-likeness (QED) is 0.417. The second kappa shape index (κ2) is 9.97. The average molecular weight is 345 g/mol. The SMILES string of the molecule is COCCOCCCOCC1(CS(=O)(=O)Cl)CCOCC1. The fourth-order valence-corrected chi connectivity index (χ4v) is 4.09. The van der Waals surface area contributed by atoms with Gasteiger partial charge in [-0.15, -0.1) is 0 Å². The Morgan fingerprint density at radius 2 is 1.76 bits per heavy atom. The van der Waals surface area contributed by atoms with Crippen LogP contribution in [-0.4, -0.2) is 67.5 Å². The maximum absolute atomic E-state index is 11.4. The molecule has 21 heavy (non-hydrogen) atoms. The van der Waals surface area contributed by atoms with Crippen LogP contribution >= 0.6 is 10.7 Å². The topological polar surface area (TPSA) is 71.1 Å². The molecule has 0 amide bonds. The highest BCUT2D eigenvalue weighted by Crippen LogP contribution is 2.33. The standard InChI is InChI=1S/C13H25ClO6S/c1-17-9-10-18-5-2-6-20-11-13(12-21(14,15)16)3-7-19-8-4-13/h2-12H2,1H3. The van der Waals surface area contributed by atoms with E-state index in [0.29, 0.717) is 59.1 Å². The smallest absolute Gasteiger partial charge is 0.233 e. The summed E-state index contributed by atoms with van der Waals surface area (Å²) in [5.74, 6) is -0.0603. The van der Waals surface area contributed by atoms with Crippen molar-refractivity contribution in [3.63, 3.8) is 0 Å². The summed E-state index contributed by atoms with van der Waals surface area (Å²) in [7, 11) is 3.50. The third-order valence-corrected chi connectivity index (χ3v) is 4.73. The van der Waals surface area contributed by atoms with Crippen molar-refractivity contribution < 1.29 is 27.4 Å². The number of hydrogen-bond donors (Lipinski definition) is 0. The molecule has 0 aliphatic carbocycles. The van der Waals surface area contributed by atoms with E-state index in [0.717, 1.165) is 6.42 Å². The first-order valence-corrected chi connectivity index (χ1v) is 9.60. The van der Waals surface area contributed by atoms with E-state index < -0.39 is 14.5 Å². The third kappa shape index (κ3) is 8.95. The second-order valence-corrected chi connectivity index (χ2v) is 8.08. The molecule has 0 aromatic carbocycles. The normalized spacial score (nSPS) is 18.8. The average Bonchev–Trinajstić information content (AvgIpc) is 2.41. The van der Waals surface area contributed by atoms with Crippen LogP contribution in [0.5, 0.6) is 0 Å². The molecule has 1 fully saturated rings. The zero-order chi connectivity index (χ0) is 15.6. The van der Waals surface area contributed by atoms with Crippen LogP contribution in [-0.2, 0) is 28.0 Å². The van der Waals surface area contributed by atoms with E-state index in [-0.39, 0.29) is 5.75 Å². The molecule has 1 rings (SSSR count). The van der Waals surface area contributed by atoms with E-state index in [4.69, 9.17) is 29.6 Å². The first-order valence-electron chi connectivity index (χ1n) is 7.12. The molecule has 1 saturated heterocycles. The Labute approximate surface area is 131 Å². The maximum atomic E-state index is 11.4. The number of methoxy groups -OCH3 is 1. The van der Waals surface area contributed by atoms with Crippen LogP contribution in [0.2, 0.25) is 0 Å². The molecular weight excluding hydrogens is 320 g/mol. The van der Waals surface area contributed by atoms with Crippen molar-refractivity contribution in [1.29, 1.82) is 0 Å². The summed E-state index contributed by atoms with van der Waals surface area (Å²) in [4.78, 5) is 0. The minimum Gasteiger partial charge on any atom is -0.382 e. The molecule has 0 aromatic rings. The van der Waals surface area contributed by atoms with Gasteiger partial charge in [0.15, 0.2) is 0 Å². The summed E-state index contributed by atoms with van der Waals surface area (Å²) in [6.45, 7) is 3.79. The first-order chi connectivity index (χ1) is 9.97. The lowest BCUT2D eigenvalue weighted by atomic mass is 9.83. The van der Waals surface area contributed by atoms with E-state index in [1.54, 1.807) is 7.11 Å². The lowest BCUT2D eigenvalue weighted by molar-refractivity contribution is -0.0321. The van der Waals surface area contributed by atoms with Gasteiger partial charge in [0.25, 0.3) is 0 Å². The lowest BCUT2D eigenvalue weighted by Gasteiger charge is -2.35. The van der Waals surface area contributed by atoms with E-state index in [9.17, 15) is 8.42 Å². The van der Waals surface area contributed by atoms with Crippen LogP contribution < -0.4 is 0 Å². The fourth-order valence-electron chi connectivity index (χ4n) is 2.30. The molecule has 0 N–H and O–H groups in total. The van der Waals surface area contributed by atoms with Crippen molar-refractivity contribution in [1.82, 2.24) is 0 Å². The molecule has 1 aliphatic rings. The minimum atomic E-state index is -3.54. The predicted octanol–water partition coefficient (Wildman–Crippen LogP) is 1.42. The van der Waals surface area contributed by atoms with Gasteiger partial charge in [-0.1, -0.05) is 0 Å². The van der Waals surface area contributed by atoms with Crippen LogP contribution in [0.3, 0.4) is 0 Å². The molecule has 0 saturated carbocycles. The number of ether oxygens (including phenoxy) is 4. The molecule has 126 valence electrons. The van der Waals surface area contributed by atoms with Gasteiger partial charge in [0.2, 0.25) is 9.05 Å². The Hall–Kier alpha value is 0.0800. The van der Waals surface area contributed by atoms with Crippen molar-refractivity contribution in [3.05, 3.63) is 0 Å². The Kier molecular flexibility index (Phi) is 9.08. The van der Waals surface area contributed by atoms with Gasteiger partial charge in [-0.2, -0.15) is 0 Å². The number of halogens is 1. The molecular formula is C13H25ClO6S.